The number of halogens is 2. The fourth-order valence-corrected chi connectivity index (χ4v) is 3.23. The lowest BCUT2D eigenvalue weighted by atomic mass is 10.3. The zero-order chi connectivity index (χ0) is 9.42. The van der Waals surface area contributed by atoms with Crippen LogP contribution < -0.4 is 0 Å². The molecule has 0 bridgehead atoms. The van der Waals surface area contributed by atoms with Crippen molar-refractivity contribution in [3.05, 3.63) is 22.2 Å². The Hall–Kier alpha value is 0.0400. The first kappa shape index (κ1) is 9.59. The highest BCUT2D eigenvalue weighted by Crippen LogP contribution is 2.34. The number of thioether (sulfide) groups is 1. The Bertz CT molecular complexity index is 453. The van der Waals surface area contributed by atoms with Gasteiger partial charge in [-0.1, -0.05) is 35.0 Å². The minimum atomic E-state index is 0.624. The van der Waals surface area contributed by atoms with Gasteiger partial charge in [0.15, 0.2) is 4.34 Å². The highest BCUT2D eigenvalue weighted by atomic mass is 35.5. The van der Waals surface area contributed by atoms with Crippen molar-refractivity contribution in [3.8, 4) is 0 Å². The van der Waals surface area contributed by atoms with Gasteiger partial charge in [0.25, 0.3) is 0 Å². The summed E-state index contributed by atoms with van der Waals surface area (Å²) in [5.74, 6) is 0. The SMILES string of the molecule is CSc1nc2c(Cl)cc(Cl)cc2s1. The normalized spacial score (nSPS) is 11.0. The maximum atomic E-state index is 5.98. The van der Waals surface area contributed by atoms with E-state index in [-0.39, 0.29) is 0 Å². The number of hydrogen-bond donors (Lipinski definition) is 0. The van der Waals surface area contributed by atoms with Crippen LogP contribution >= 0.6 is 46.3 Å². The lowest BCUT2D eigenvalue weighted by molar-refractivity contribution is 1.31. The maximum Gasteiger partial charge on any atom is 0.150 e. The standard InChI is InChI=1S/C8H5Cl2NS2/c1-12-8-11-7-5(10)2-4(9)3-6(7)13-8/h2-3H,1H3. The minimum absolute atomic E-state index is 0.624. The Labute approximate surface area is 94.1 Å². The molecule has 0 spiro atoms. The van der Waals surface area contributed by atoms with Crippen LogP contribution in [0.15, 0.2) is 16.5 Å². The third-order valence-electron chi connectivity index (χ3n) is 1.57. The topological polar surface area (TPSA) is 12.9 Å². The number of fused-ring (bicyclic) bond motifs is 1. The zero-order valence-corrected chi connectivity index (χ0v) is 9.82. The summed E-state index contributed by atoms with van der Waals surface area (Å²) in [6, 6.07) is 3.61. The molecular weight excluding hydrogens is 245 g/mol. The average Bonchev–Trinajstić information content (AvgIpc) is 2.47. The molecule has 1 heterocycles. The lowest BCUT2D eigenvalue weighted by Crippen LogP contribution is -1.71. The van der Waals surface area contributed by atoms with Crippen molar-refractivity contribution in [2.24, 2.45) is 0 Å². The van der Waals surface area contributed by atoms with E-state index in [4.69, 9.17) is 23.2 Å². The Morgan fingerprint density at radius 1 is 1.38 bits per heavy atom. The van der Waals surface area contributed by atoms with Crippen molar-refractivity contribution in [2.75, 3.05) is 6.26 Å². The highest BCUT2D eigenvalue weighted by Gasteiger charge is 2.07. The number of aromatic nitrogens is 1. The maximum absolute atomic E-state index is 5.98. The van der Waals surface area contributed by atoms with E-state index in [1.165, 1.54) is 0 Å². The molecule has 1 aromatic heterocycles. The summed E-state index contributed by atoms with van der Waals surface area (Å²) < 4.78 is 2.06. The third-order valence-corrected chi connectivity index (χ3v) is 4.06. The highest BCUT2D eigenvalue weighted by molar-refractivity contribution is 8.00. The van der Waals surface area contributed by atoms with E-state index in [9.17, 15) is 0 Å². The van der Waals surface area contributed by atoms with Crippen molar-refractivity contribution in [3.63, 3.8) is 0 Å². The molecule has 5 heteroatoms. The molecule has 2 aromatic rings. The molecule has 0 aliphatic carbocycles. The lowest BCUT2D eigenvalue weighted by Gasteiger charge is -1.92. The molecule has 0 saturated heterocycles. The second kappa shape index (κ2) is 3.65. The minimum Gasteiger partial charge on any atom is -0.228 e. The summed E-state index contributed by atoms with van der Waals surface area (Å²) in [6.45, 7) is 0. The molecule has 0 aliphatic heterocycles. The van der Waals surface area contributed by atoms with E-state index in [0.29, 0.717) is 10.0 Å². The third kappa shape index (κ3) is 1.79. The molecular formula is C8H5Cl2NS2. The van der Waals surface area contributed by atoms with Crippen LogP contribution in [-0.2, 0) is 0 Å². The zero-order valence-electron chi connectivity index (χ0n) is 6.67. The van der Waals surface area contributed by atoms with Crippen molar-refractivity contribution < 1.29 is 0 Å². The fraction of sp³-hybridized carbons (Fsp3) is 0.125. The Balaban J connectivity index is 2.75. The van der Waals surface area contributed by atoms with Crippen LogP contribution in [0.4, 0.5) is 0 Å². The van der Waals surface area contributed by atoms with Crippen LogP contribution in [0.1, 0.15) is 0 Å². The van der Waals surface area contributed by atoms with Gasteiger partial charge in [-0.2, -0.15) is 0 Å². The summed E-state index contributed by atoms with van der Waals surface area (Å²) in [7, 11) is 0. The molecule has 1 nitrogen and oxygen atoms in total. The first-order valence-corrected chi connectivity index (χ1v) is 6.30. The van der Waals surface area contributed by atoms with E-state index in [2.05, 4.69) is 4.98 Å². The molecule has 1 aromatic carbocycles. The van der Waals surface area contributed by atoms with Crippen LogP contribution in [-0.4, -0.2) is 11.2 Å². The first-order valence-electron chi connectivity index (χ1n) is 3.50. The van der Waals surface area contributed by atoms with Crippen molar-refractivity contribution in [1.29, 1.82) is 0 Å². The van der Waals surface area contributed by atoms with Crippen molar-refractivity contribution >= 4 is 56.5 Å². The van der Waals surface area contributed by atoms with Gasteiger partial charge in [-0.15, -0.1) is 11.3 Å². The molecule has 0 N–H and O–H groups in total. The van der Waals surface area contributed by atoms with Gasteiger partial charge in [0, 0.05) is 5.02 Å². The molecule has 68 valence electrons. The van der Waals surface area contributed by atoms with E-state index in [1.807, 2.05) is 12.3 Å². The molecule has 0 amide bonds. The predicted octanol–water partition coefficient (Wildman–Crippen LogP) is 4.33. The Morgan fingerprint density at radius 3 is 2.85 bits per heavy atom. The largest absolute Gasteiger partial charge is 0.228 e. The average molecular weight is 250 g/mol. The van der Waals surface area contributed by atoms with Gasteiger partial charge in [0.1, 0.15) is 5.52 Å². The Morgan fingerprint density at radius 2 is 2.15 bits per heavy atom. The summed E-state index contributed by atoms with van der Waals surface area (Å²) in [5, 5.41) is 1.29. The number of rotatable bonds is 1. The molecule has 0 radical (unpaired) electrons. The second-order valence-electron chi connectivity index (χ2n) is 2.42. The van der Waals surface area contributed by atoms with Gasteiger partial charge in [-0.25, -0.2) is 4.98 Å². The van der Waals surface area contributed by atoms with Gasteiger partial charge >= 0.3 is 0 Å². The molecule has 0 saturated carbocycles. The van der Waals surface area contributed by atoms with Crippen molar-refractivity contribution in [1.82, 2.24) is 4.98 Å². The van der Waals surface area contributed by atoms with Gasteiger partial charge < -0.3 is 0 Å². The van der Waals surface area contributed by atoms with Crippen LogP contribution in [0.2, 0.25) is 10.0 Å². The van der Waals surface area contributed by atoms with Crippen molar-refractivity contribution in [2.45, 2.75) is 4.34 Å². The molecule has 0 fully saturated rings. The number of thiazole rings is 1. The van der Waals surface area contributed by atoms with Crippen LogP contribution in [0.5, 0.6) is 0 Å². The van der Waals surface area contributed by atoms with E-state index >= 15 is 0 Å². The Kier molecular flexibility index (Phi) is 2.70. The number of benzene rings is 1. The van der Waals surface area contributed by atoms with Crippen LogP contribution in [0.25, 0.3) is 10.2 Å². The summed E-state index contributed by atoms with van der Waals surface area (Å²) >= 11 is 15.1. The first-order chi connectivity index (χ1) is 6.20. The van der Waals surface area contributed by atoms with E-state index in [1.54, 1.807) is 29.2 Å². The van der Waals surface area contributed by atoms with Gasteiger partial charge in [-0.05, 0) is 18.4 Å². The smallest absolute Gasteiger partial charge is 0.150 e. The second-order valence-corrected chi connectivity index (χ2v) is 5.35. The number of nitrogens with zero attached hydrogens (tertiary/aromatic N) is 1. The van der Waals surface area contributed by atoms with Crippen LogP contribution in [0.3, 0.4) is 0 Å². The molecule has 2 rings (SSSR count). The fourth-order valence-electron chi connectivity index (χ4n) is 1.02. The quantitative estimate of drug-likeness (QED) is 0.699. The van der Waals surface area contributed by atoms with Gasteiger partial charge in [0.05, 0.1) is 9.72 Å². The summed E-state index contributed by atoms with van der Waals surface area (Å²) in [6.07, 6.45) is 1.99. The number of hydrogen-bond acceptors (Lipinski definition) is 3. The predicted molar refractivity (Wildman–Crippen MR) is 61.4 cm³/mol. The molecule has 13 heavy (non-hydrogen) atoms. The molecule has 0 aliphatic rings. The molecule has 0 unspecified atom stereocenters. The van der Waals surface area contributed by atoms with E-state index in [0.717, 1.165) is 14.6 Å². The van der Waals surface area contributed by atoms with Crippen LogP contribution in [0, 0.1) is 0 Å². The molecule has 0 atom stereocenters. The summed E-state index contributed by atoms with van der Waals surface area (Å²) in [5.41, 5.74) is 0.848. The van der Waals surface area contributed by atoms with E-state index < -0.39 is 0 Å². The summed E-state index contributed by atoms with van der Waals surface area (Å²) in [4.78, 5) is 4.36. The van der Waals surface area contributed by atoms with Gasteiger partial charge in [0.2, 0.25) is 0 Å². The monoisotopic (exact) mass is 249 g/mol. The van der Waals surface area contributed by atoms with Gasteiger partial charge in [-0.3, -0.25) is 0 Å².